The molecule has 1 atom stereocenters. The van der Waals surface area contributed by atoms with Crippen LogP contribution in [-0.2, 0) is 5.72 Å². The minimum Gasteiger partial charge on any atom is -0.483 e. The summed E-state index contributed by atoms with van der Waals surface area (Å²) in [6.45, 7) is 2.14. The standard InChI is InChI=1S/C24H25N5O4/c1-2-3-4-5-6-7-15-31-18-13-11-17(12-14-18)21(30)19-9-8-10-20-22(19)33-24(25,16-32-20)23-26-28-29-27-23/h5-15H,2-4,16,25H2,1H3,(H,26,27,28,29)/b6-5?,15-7+. The van der Waals surface area contributed by atoms with Crippen molar-refractivity contribution in [2.75, 3.05) is 6.61 Å². The number of unbranched alkanes of at least 4 members (excludes halogenated alkanes) is 2. The van der Waals surface area contributed by atoms with Crippen molar-refractivity contribution >= 4 is 5.78 Å². The van der Waals surface area contributed by atoms with Crippen molar-refractivity contribution in [1.82, 2.24) is 20.6 Å². The fourth-order valence-electron chi connectivity index (χ4n) is 3.26. The first-order chi connectivity index (χ1) is 16.1. The fraction of sp³-hybridized carbons (Fsp3) is 0.250. The van der Waals surface area contributed by atoms with Crippen LogP contribution >= 0.6 is 0 Å². The Morgan fingerprint density at radius 1 is 1.24 bits per heavy atom. The highest BCUT2D eigenvalue weighted by molar-refractivity contribution is 6.11. The van der Waals surface area contributed by atoms with Crippen LogP contribution in [-0.4, -0.2) is 33.0 Å². The number of H-pyrrole nitrogens is 1. The Bertz CT molecular complexity index is 1140. The number of nitrogens with one attached hydrogen (secondary N) is 1. The van der Waals surface area contributed by atoms with Crippen molar-refractivity contribution in [3.05, 3.63) is 83.9 Å². The zero-order chi connectivity index (χ0) is 23.1. The molecule has 0 saturated carbocycles. The summed E-state index contributed by atoms with van der Waals surface area (Å²) in [5.41, 5.74) is 5.61. The van der Waals surface area contributed by atoms with E-state index >= 15 is 0 Å². The normalized spacial score (nSPS) is 17.5. The Morgan fingerprint density at radius 2 is 2.09 bits per heavy atom. The first-order valence-corrected chi connectivity index (χ1v) is 10.7. The number of ether oxygens (including phenoxy) is 3. The number of rotatable bonds is 9. The van der Waals surface area contributed by atoms with Crippen LogP contribution in [0.15, 0.2) is 67.0 Å². The Labute approximate surface area is 191 Å². The number of hydrogen-bond donors (Lipinski definition) is 2. The molecule has 0 saturated heterocycles. The van der Waals surface area contributed by atoms with Crippen molar-refractivity contribution in [3.8, 4) is 17.2 Å². The summed E-state index contributed by atoms with van der Waals surface area (Å²) < 4.78 is 17.3. The Balaban J connectivity index is 1.47. The maximum Gasteiger partial charge on any atom is 0.257 e. The number of benzene rings is 2. The van der Waals surface area contributed by atoms with Gasteiger partial charge in [-0.25, -0.2) is 0 Å². The minimum atomic E-state index is -1.47. The van der Waals surface area contributed by atoms with E-state index in [1.165, 1.54) is 12.8 Å². The molecule has 0 fully saturated rings. The van der Waals surface area contributed by atoms with E-state index in [1.54, 1.807) is 48.7 Å². The third-order valence-corrected chi connectivity index (χ3v) is 5.04. The van der Waals surface area contributed by atoms with E-state index in [4.69, 9.17) is 19.9 Å². The molecule has 0 aliphatic carbocycles. The molecule has 3 N–H and O–H groups in total. The number of para-hydroxylation sites is 1. The number of hydrogen-bond acceptors (Lipinski definition) is 8. The maximum absolute atomic E-state index is 13.2. The second-order valence-electron chi connectivity index (χ2n) is 7.52. The van der Waals surface area contributed by atoms with Gasteiger partial charge in [0.2, 0.25) is 5.82 Å². The zero-order valence-electron chi connectivity index (χ0n) is 18.2. The van der Waals surface area contributed by atoms with E-state index in [2.05, 4.69) is 33.6 Å². The lowest BCUT2D eigenvalue weighted by atomic mass is 10.0. The molecule has 4 rings (SSSR count). The predicted octanol–water partition coefficient (Wildman–Crippen LogP) is 3.65. The van der Waals surface area contributed by atoms with Crippen LogP contribution in [0.2, 0.25) is 0 Å². The van der Waals surface area contributed by atoms with Gasteiger partial charge in [-0.2, -0.15) is 5.21 Å². The van der Waals surface area contributed by atoms with Gasteiger partial charge < -0.3 is 14.2 Å². The van der Waals surface area contributed by atoms with Gasteiger partial charge in [0.15, 0.2) is 17.3 Å². The maximum atomic E-state index is 13.2. The molecule has 33 heavy (non-hydrogen) atoms. The van der Waals surface area contributed by atoms with Crippen molar-refractivity contribution in [2.24, 2.45) is 5.73 Å². The molecule has 9 heteroatoms. The van der Waals surface area contributed by atoms with E-state index in [-0.39, 0.29) is 24.0 Å². The third-order valence-electron chi connectivity index (χ3n) is 5.04. The molecular formula is C24H25N5O4. The van der Waals surface area contributed by atoms with Crippen molar-refractivity contribution in [3.63, 3.8) is 0 Å². The van der Waals surface area contributed by atoms with Crippen LogP contribution in [0.5, 0.6) is 17.2 Å². The van der Waals surface area contributed by atoms with Gasteiger partial charge in [0.1, 0.15) is 12.4 Å². The summed E-state index contributed by atoms with van der Waals surface area (Å²) in [6, 6.07) is 12.0. The summed E-state index contributed by atoms with van der Waals surface area (Å²) in [5.74, 6) is 1.16. The topological polar surface area (TPSA) is 125 Å². The van der Waals surface area contributed by atoms with Crippen LogP contribution in [0.1, 0.15) is 47.9 Å². The molecule has 1 unspecified atom stereocenters. The van der Waals surface area contributed by atoms with Gasteiger partial charge in [0.25, 0.3) is 5.72 Å². The fourth-order valence-corrected chi connectivity index (χ4v) is 3.26. The van der Waals surface area contributed by atoms with Gasteiger partial charge in [-0.1, -0.05) is 38.0 Å². The molecule has 3 aromatic rings. The largest absolute Gasteiger partial charge is 0.483 e. The van der Waals surface area contributed by atoms with Crippen LogP contribution in [0.3, 0.4) is 0 Å². The van der Waals surface area contributed by atoms with Crippen LogP contribution < -0.4 is 19.9 Å². The highest BCUT2D eigenvalue weighted by atomic mass is 16.6. The van der Waals surface area contributed by atoms with Gasteiger partial charge in [0.05, 0.1) is 11.8 Å². The van der Waals surface area contributed by atoms with Gasteiger partial charge in [-0.05, 0) is 54.1 Å². The van der Waals surface area contributed by atoms with Crippen molar-refractivity contribution in [1.29, 1.82) is 0 Å². The Hall–Kier alpha value is -3.98. The minimum absolute atomic E-state index is 0.0233. The van der Waals surface area contributed by atoms with Crippen LogP contribution in [0.4, 0.5) is 0 Å². The lowest BCUT2D eigenvalue weighted by Gasteiger charge is -2.33. The molecule has 2 heterocycles. The molecule has 1 aliphatic rings. The number of nitrogens with two attached hydrogens (primary N) is 1. The smallest absolute Gasteiger partial charge is 0.257 e. The highest BCUT2D eigenvalue weighted by Crippen LogP contribution is 2.40. The molecule has 9 nitrogen and oxygen atoms in total. The van der Waals surface area contributed by atoms with E-state index in [9.17, 15) is 4.79 Å². The molecule has 0 amide bonds. The summed E-state index contributed by atoms with van der Waals surface area (Å²) in [4.78, 5) is 13.2. The SMILES string of the molecule is CCCCC=C/C=C/Oc1ccc(C(=O)c2cccc3c2OC(N)(c2nn[nH]n2)CO3)cc1. The van der Waals surface area contributed by atoms with Crippen LogP contribution in [0.25, 0.3) is 0 Å². The Morgan fingerprint density at radius 3 is 2.85 bits per heavy atom. The van der Waals surface area contributed by atoms with E-state index < -0.39 is 5.72 Å². The van der Waals surface area contributed by atoms with E-state index in [1.807, 2.05) is 12.2 Å². The van der Waals surface area contributed by atoms with Gasteiger partial charge >= 0.3 is 0 Å². The molecule has 0 radical (unpaired) electrons. The molecule has 0 bridgehead atoms. The van der Waals surface area contributed by atoms with Gasteiger partial charge in [0, 0.05) is 5.56 Å². The lowest BCUT2D eigenvalue weighted by Crippen LogP contribution is -2.51. The molecule has 1 aliphatic heterocycles. The third kappa shape index (κ3) is 5.09. The number of tetrazole rings is 1. The monoisotopic (exact) mass is 447 g/mol. The van der Waals surface area contributed by atoms with Gasteiger partial charge in [-0.3, -0.25) is 10.5 Å². The first-order valence-electron chi connectivity index (χ1n) is 10.7. The van der Waals surface area contributed by atoms with Crippen molar-refractivity contribution < 1.29 is 19.0 Å². The van der Waals surface area contributed by atoms with Crippen molar-refractivity contribution in [2.45, 2.75) is 31.9 Å². The second-order valence-corrected chi connectivity index (χ2v) is 7.52. The van der Waals surface area contributed by atoms with E-state index in [0.717, 1.165) is 6.42 Å². The zero-order valence-corrected chi connectivity index (χ0v) is 18.2. The Kier molecular flexibility index (Phi) is 6.80. The summed E-state index contributed by atoms with van der Waals surface area (Å²) in [5, 5.41) is 13.6. The number of aromatic nitrogens is 4. The van der Waals surface area contributed by atoms with E-state index in [0.29, 0.717) is 22.6 Å². The van der Waals surface area contributed by atoms with Crippen LogP contribution in [0, 0.1) is 0 Å². The number of ketones is 1. The molecule has 0 spiro atoms. The second kappa shape index (κ2) is 10.1. The van der Waals surface area contributed by atoms with Gasteiger partial charge in [-0.15, -0.1) is 10.2 Å². The molecule has 2 aromatic carbocycles. The number of allylic oxidation sites excluding steroid dienone is 3. The summed E-state index contributed by atoms with van der Waals surface area (Å²) in [7, 11) is 0. The number of carbonyl (C=O) groups is 1. The quantitative estimate of drug-likeness (QED) is 0.220. The first kappa shape index (κ1) is 22.2. The lowest BCUT2D eigenvalue weighted by molar-refractivity contribution is -0.0154. The number of nitrogens with zero attached hydrogens (tertiary/aromatic N) is 3. The number of carbonyl (C=O) groups excluding carboxylic acids is 1. The predicted molar refractivity (Wildman–Crippen MR) is 121 cm³/mol. The number of fused-ring (bicyclic) bond motifs is 1. The average Bonchev–Trinajstić information content (AvgIpc) is 3.39. The molecule has 170 valence electrons. The molecule has 1 aromatic heterocycles. The summed E-state index contributed by atoms with van der Waals surface area (Å²) >= 11 is 0. The number of aromatic amines is 1. The molecular weight excluding hydrogens is 422 g/mol. The summed E-state index contributed by atoms with van der Waals surface area (Å²) in [6.07, 6.45) is 10.9. The highest BCUT2D eigenvalue weighted by Gasteiger charge is 2.41. The average molecular weight is 447 g/mol.